The maximum atomic E-state index is 13.5. The van der Waals surface area contributed by atoms with Crippen molar-refractivity contribution in [3.8, 4) is 5.75 Å². The molecular formula is C25H21F3N2O3. The maximum Gasteiger partial charge on any atom is 0.418 e. The van der Waals surface area contributed by atoms with E-state index < -0.39 is 29.6 Å². The predicted octanol–water partition coefficient (Wildman–Crippen LogP) is 5.26. The number of halogens is 3. The van der Waals surface area contributed by atoms with Gasteiger partial charge in [0, 0.05) is 12.6 Å². The van der Waals surface area contributed by atoms with Crippen LogP contribution in [0, 0.1) is 0 Å². The zero-order valence-corrected chi connectivity index (χ0v) is 17.9. The lowest BCUT2D eigenvalue weighted by Crippen LogP contribution is -2.44. The quantitative estimate of drug-likeness (QED) is 0.585. The van der Waals surface area contributed by atoms with Gasteiger partial charge in [-0.3, -0.25) is 9.59 Å². The average Bonchev–Trinajstić information content (AvgIpc) is 2.81. The first-order chi connectivity index (χ1) is 15.7. The van der Waals surface area contributed by atoms with Crippen LogP contribution in [0.15, 0.2) is 72.8 Å². The van der Waals surface area contributed by atoms with E-state index in [0.29, 0.717) is 22.4 Å². The van der Waals surface area contributed by atoms with Crippen molar-refractivity contribution < 1.29 is 27.5 Å². The van der Waals surface area contributed by atoms with Crippen LogP contribution in [0.1, 0.15) is 39.0 Å². The topological polar surface area (TPSA) is 58.6 Å². The number of rotatable bonds is 4. The average molecular weight is 454 g/mol. The first-order valence-electron chi connectivity index (χ1n) is 10.2. The summed E-state index contributed by atoms with van der Waals surface area (Å²) in [6, 6.07) is 17.7. The van der Waals surface area contributed by atoms with E-state index in [2.05, 4.69) is 5.32 Å². The van der Waals surface area contributed by atoms with Gasteiger partial charge < -0.3 is 15.0 Å². The molecule has 1 aliphatic heterocycles. The first kappa shape index (κ1) is 22.4. The Balaban J connectivity index is 1.81. The molecule has 0 fully saturated rings. The van der Waals surface area contributed by atoms with Gasteiger partial charge >= 0.3 is 6.18 Å². The highest BCUT2D eigenvalue weighted by atomic mass is 19.4. The molecule has 1 aliphatic rings. The van der Waals surface area contributed by atoms with Crippen molar-refractivity contribution in [2.45, 2.75) is 18.1 Å². The molecule has 3 aromatic carbocycles. The number of nitrogens with zero attached hydrogens (tertiary/aromatic N) is 1. The molecule has 3 aromatic rings. The lowest BCUT2D eigenvalue weighted by Gasteiger charge is -2.39. The number of amides is 2. The van der Waals surface area contributed by atoms with E-state index in [-0.39, 0.29) is 11.6 Å². The van der Waals surface area contributed by atoms with Crippen molar-refractivity contribution in [2.75, 3.05) is 19.5 Å². The monoisotopic (exact) mass is 454 g/mol. The number of alkyl halides is 3. The second-order valence-corrected chi connectivity index (χ2v) is 7.73. The largest absolute Gasteiger partial charge is 0.497 e. The highest BCUT2D eigenvalue weighted by molar-refractivity contribution is 6.04. The fourth-order valence-electron chi connectivity index (χ4n) is 4.22. The summed E-state index contributed by atoms with van der Waals surface area (Å²) in [5.74, 6) is -1.24. The number of hydrogen-bond donors (Lipinski definition) is 1. The number of carbonyl (C=O) groups is 2. The zero-order chi connectivity index (χ0) is 23.8. The summed E-state index contributed by atoms with van der Waals surface area (Å²) in [5, 5.41) is 2.46. The van der Waals surface area contributed by atoms with Gasteiger partial charge in [0.1, 0.15) is 5.75 Å². The number of anilines is 1. The number of para-hydroxylation sites is 1. The minimum atomic E-state index is -4.63. The second-order valence-electron chi connectivity index (χ2n) is 7.73. The van der Waals surface area contributed by atoms with Gasteiger partial charge in [0.2, 0.25) is 5.91 Å². The zero-order valence-electron chi connectivity index (χ0n) is 17.9. The molecule has 2 atom stereocenters. The molecule has 0 radical (unpaired) electrons. The summed E-state index contributed by atoms with van der Waals surface area (Å²) in [7, 11) is 3.10. The highest BCUT2D eigenvalue weighted by Crippen LogP contribution is 2.43. The standard InChI is InChI=1S/C25H21F3N2O3/c1-30-22(15-11-13-16(33-2)14-12-15)21(17-7-3-4-8-18(17)24(30)32)23(31)29-20-10-6-5-9-19(20)25(26,27)28/h3-14,21-22H,1-2H3,(H,29,31)/t21-,22-/m1/s1. The second kappa shape index (κ2) is 8.61. The molecular weight excluding hydrogens is 433 g/mol. The van der Waals surface area contributed by atoms with Crippen LogP contribution in [0.3, 0.4) is 0 Å². The molecule has 0 bridgehead atoms. The maximum absolute atomic E-state index is 13.5. The lowest BCUT2D eigenvalue weighted by molar-refractivity contribution is -0.137. The van der Waals surface area contributed by atoms with Gasteiger partial charge in [0.05, 0.1) is 30.3 Å². The normalized spacial score (nSPS) is 18.0. The Bertz CT molecular complexity index is 1190. The first-order valence-corrected chi connectivity index (χ1v) is 10.2. The molecule has 33 heavy (non-hydrogen) atoms. The van der Waals surface area contributed by atoms with E-state index in [1.165, 1.54) is 30.2 Å². The van der Waals surface area contributed by atoms with Gasteiger partial charge in [-0.15, -0.1) is 0 Å². The summed E-state index contributed by atoms with van der Waals surface area (Å²) in [4.78, 5) is 28.0. The van der Waals surface area contributed by atoms with Crippen molar-refractivity contribution in [1.82, 2.24) is 4.90 Å². The highest BCUT2D eigenvalue weighted by Gasteiger charge is 2.43. The third kappa shape index (κ3) is 4.16. The number of nitrogens with one attached hydrogen (secondary N) is 1. The Hall–Kier alpha value is -3.81. The van der Waals surface area contributed by atoms with Crippen LogP contribution >= 0.6 is 0 Å². The summed E-state index contributed by atoms with van der Waals surface area (Å²) in [6.45, 7) is 0. The molecule has 8 heteroatoms. The van der Waals surface area contributed by atoms with Gasteiger partial charge in [0.15, 0.2) is 0 Å². The molecule has 5 nitrogen and oxygen atoms in total. The van der Waals surface area contributed by atoms with E-state index in [9.17, 15) is 22.8 Å². The molecule has 4 rings (SSSR count). The van der Waals surface area contributed by atoms with Crippen molar-refractivity contribution >= 4 is 17.5 Å². The molecule has 0 unspecified atom stereocenters. The summed E-state index contributed by atoms with van der Waals surface area (Å²) in [5.41, 5.74) is 0.191. The van der Waals surface area contributed by atoms with Crippen LogP contribution in [0.5, 0.6) is 5.75 Å². The van der Waals surface area contributed by atoms with E-state index in [1.54, 1.807) is 55.6 Å². The number of fused-ring (bicyclic) bond motifs is 1. The van der Waals surface area contributed by atoms with Crippen molar-refractivity contribution in [1.29, 1.82) is 0 Å². The van der Waals surface area contributed by atoms with Gasteiger partial charge in [-0.25, -0.2) is 0 Å². The Morgan fingerprint density at radius 3 is 2.27 bits per heavy atom. The number of methoxy groups -OCH3 is 1. The van der Waals surface area contributed by atoms with Crippen LogP contribution in [-0.4, -0.2) is 30.9 Å². The fraction of sp³-hybridized carbons (Fsp3) is 0.200. The molecule has 1 heterocycles. The Morgan fingerprint density at radius 2 is 1.61 bits per heavy atom. The lowest BCUT2D eigenvalue weighted by atomic mass is 9.79. The van der Waals surface area contributed by atoms with Gasteiger partial charge in [-0.05, 0) is 41.5 Å². The summed E-state index contributed by atoms with van der Waals surface area (Å²) >= 11 is 0. The molecule has 0 aliphatic carbocycles. The predicted molar refractivity (Wildman–Crippen MR) is 117 cm³/mol. The van der Waals surface area contributed by atoms with Crippen molar-refractivity contribution in [3.05, 3.63) is 95.1 Å². The smallest absolute Gasteiger partial charge is 0.418 e. The third-order valence-electron chi connectivity index (χ3n) is 5.81. The van der Waals surface area contributed by atoms with Crippen LogP contribution in [0.25, 0.3) is 0 Å². The third-order valence-corrected chi connectivity index (χ3v) is 5.81. The summed E-state index contributed by atoms with van der Waals surface area (Å²) < 4.78 is 45.7. The molecule has 0 saturated carbocycles. The number of benzene rings is 3. The molecule has 0 spiro atoms. The van der Waals surface area contributed by atoms with Gasteiger partial charge in [-0.2, -0.15) is 13.2 Å². The number of ether oxygens (including phenoxy) is 1. The Labute approximate surface area is 188 Å². The minimum absolute atomic E-state index is 0.272. The molecule has 2 amide bonds. The van der Waals surface area contributed by atoms with Crippen molar-refractivity contribution in [3.63, 3.8) is 0 Å². The van der Waals surface area contributed by atoms with Gasteiger partial charge in [0.25, 0.3) is 5.91 Å². The van der Waals surface area contributed by atoms with Crippen LogP contribution in [0.4, 0.5) is 18.9 Å². The Kier molecular flexibility index (Phi) is 5.84. The molecule has 0 saturated heterocycles. The van der Waals surface area contributed by atoms with E-state index >= 15 is 0 Å². The van der Waals surface area contributed by atoms with E-state index in [1.807, 2.05) is 0 Å². The van der Waals surface area contributed by atoms with Crippen LogP contribution < -0.4 is 10.1 Å². The van der Waals surface area contributed by atoms with E-state index in [0.717, 1.165) is 6.07 Å². The van der Waals surface area contributed by atoms with E-state index in [4.69, 9.17) is 4.74 Å². The SMILES string of the molecule is COc1ccc([C@@H]2[C@H](C(=O)Nc3ccccc3C(F)(F)F)c3ccccc3C(=O)N2C)cc1. The molecule has 170 valence electrons. The number of carbonyl (C=O) groups excluding carboxylic acids is 2. The fourth-order valence-corrected chi connectivity index (χ4v) is 4.22. The minimum Gasteiger partial charge on any atom is -0.497 e. The van der Waals surface area contributed by atoms with Crippen molar-refractivity contribution in [2.24, 2.45) is 0 Å². The summed E-state index contributed by atoms with van der Waals surface area (Å²) in [6.07, 6.45) is -4.63. The van der Waals surface area contributed by atoms with Crippen LogP contribution in [-0.2, 0) is 11.0 Å². The van der Waals surface area contributed by atoms with Crippen LogP contribution in [0.2, 0.25) is 0 Å². The molecule has 0 aromatic heterocycles. The molecule has 1 N–H and O–H groups in total. The van der Waals surface area contributed by atoms with Gasteiger partial charge in [-0.1, -0.05) is 42.5 Å². The number of likely N-dealkylation sites (N-methyl/N-ethyl adjacent to an activating group) is 1. The number of hydrogen-bond acceptors (Lipinski definition) is 3. The Morgan fingerprint density at radius 1 is 0.970 bits per heavy atom.